The van der Waals surface area contributed by atoms with Crippen molar-refractivity contribution in [2.24, 2.45) is 0 Å². The molecule has 0 amide bonds. The minimum atomic E-state index is -4.79. The summed E-state index contributed by atoms with van der Waals surface area (Å²) in [5, 5.41) is -0.0522. The zero-order valence-corrected chi connectivity index (χ0v) is 11.9. The first kappa shape index (κ1) is 16.2. The van der Waals surface area contributed by atoms with Crippen LogP contribution in [0, 0.1) is 12.7 Å². The van der Waals surface area contributed by atoms with E-state index in [9.17, 15) is 22.4 Å². The van der Waals surface area contributed by atoms with Gasteiger partial charge in [-0.2, -0.15) is 13.2 Å². The summed E-state index contributed by atoms with van der Waals surface area (Å²) in [5.74, 6) is -1.44. The highest BCUT2D eigenvalue weighted by Crippen LogP contribution is 2.36. The van der Waals surface area contributed by atoms with Crippen LogP contribution in [0.1, 0.15) is 21.6 Å². The Bertz CT molecular complexity index is 759. The molecule has 2 N–H and O–H groups in total. The van der Waals surface area contributed by atoms with E-state index in [1.165, 1.54) is 6.92 Å². The number of aldehydes is 1. The Morgan fingerprint density at radius 2 is 1.95 bits per heavy atom. The number of nitrogens with zero attached hydrogens (tertiary/aromatic N) is 1. The summed E-state index contributed by atoms with van der Waals surface area (Å²) in [4.78, 5) is 14.8. The summed E-state index contributed by atoms with van der Waals surface area (Å²) in [6.45, 7) is 1.52. The lowest BCUT2D eigenvalue weighted by atomic mass is 10.0. The molecule has 3 nitrogen and oxygen atoms in total. The molecule has 116 valence electrons. The van der Waals surface area contributed by atoms with E-state index in [1.54, 1.807) is 0 Å². The molecule has 0 saturated heterocycles. The topological polar surface area (TPSA) is 56.0 Å². The fourth-order valence-electron chi connectivity index (χ4n) is 1.93. The molecule has 0 aliphatic heterocycles. The van der Waals surface area contributed by atoms with Crippen LogP contribution in [-0.4, -0.2) is 11.3 Å². The van der Waals surface area contributed by atoms with Gasteiger partial charge < -0.3 is 5.73 Å². The molecule has 1 aromatic heterocycles. The zero-order valence-electron chi connectivity index (χ0n) is 11.1. The number of nitrogens with two attached hydrogens (primary N) is 1. The number of carbonyl (C=O) groups excluding carboxylic acids is 1. The first-order chi connectivity index (χ1) is 10.2. The van der Waals surface area contributed by atoms with Gasteiger partial charge >= 0.3 is 6.18 Å². The predicted molar refractivity (Wildman–Crippen MR) is 74.2 cm³/mol. The van der Waals surface area contributed by atoms with Crippen molar-refractivity contribution >= 4 is 23.6 Å². The Kier molecular flexibility index (Phi) is 4.10. The van der Waals surface area contributed by atoms with Gasteiger partial charge in [0.15, 0.2) is 6.29 Å². The maximum Gasteiger partial charge on any atom is 0.419 e. The van der Waals surface area contributed by atoms with Crippen LogP contribution in [0.3, 0.4) is 0 Å². The average Bonchev–Trinajstić information content (AvgIpc) is 2.43. The highest BCUT2D eigenvalue weighted by atomic mass is 35.5. The van der Waals surface area contributed by atoms with Gasteiger partial charge in [0, 0.05) is 5.56 Å². The van der Waals surface area contributed by atoms with E-state index in [0.717, 1.165) is 6.07 Å². The number of aromatic nitrogens is 1. The van der Waals surface area contributed by atoms with Crippen LogP contribution in [0.4, 0.5) is 23.2 Å². The van der Waals surface area contributed by atoms with Crippen LogP contribution in [0.25, 0.3) is 11.3 Å². The molecule has 8 heteroatoms. The second kappa shape index (κ2) is 5.57. The number of pyridine rings is 1. The Balaban J connectivity index is 2.65. The van der Waals surface area contributed by atoms with Crippen LogP contribution in [-0.2, 0) is 6.18 Å². The SMILES string of the molecule is Cc1c(-c2ccc(C(F)(F)F)c(F)c2)nc(C=O)c(Cl)c1N. The maximum absolute atomic E-state index is 13.7. The van der Waals surface area contributed by atoms with E-state index in [2.05, 4.69) is 4.98 Å². The summed E-state index contributed by atoms with van der Waals surface area (Å²) in [6, 6.07) is 2.36. The number of anilines is 1. The molecule has 0 bridgehead atoms. The average molecular weight is 333 g/mol. The number of rotatable bonds is 2. The molecular formula is C14H9ClF4N2O. The number of hydrogen-bond donors (Lipinski definition) is 1. The van der Waals surface area contributed by atoms with Gasteiger partial charge in [-0.25, -0.2) is 9.37 Å². The van der Waals surface area contributed by atoms with Crippen molar-refractivity contribution in [3.63, 3.8) is 0 Å². The summed E-state index contributed by atoms with van der Waals surface area (Å²) in [6.07, 6.45) is -4.43. The summed E-state index contributed by atoms with van der Waals surface area (Å²) in [5.41, 5.74) is 4.74. The summed E-state index contributed by atoms with van der Waals surface area (Å²) >= 11 is 5.83. The third-order valence-corrected chi connectivity index (χ3v) is 3.51. The molecule has 22 heavy (non-hydrogen) atoms. The highest BCUT2D eigenvalue weighted by Gasteiger charge is 2.34. The zero-order chi connectivity index (χ0) is 16.7. The maximum atomic E-state index is 13.7. The third kappa shape index (κ3) is 2.76. The first-order valence-electron chi connectivity index (χ1n) is 5.94. The lowest BCUT2D eigenvalue weighted by molar-refractivity contribution is -0.139. The number of benzene rings is 1. The van der Waals surface area contributed by atoms with Crippen molar-refractivity contribution < 1.29 is 22.4 Å². The largest absolute Gasteiger partial charge is 0.419 e. The molecule has 0 aliphatic rings. The fraction of sp³-hybridized carbons (Fsp3) is 0.143. The normalized spacial score (nSPS) is 11.5. The van der Waals surface area contributed by atoms with E-state index in [0.29, 0.717) is 24.0 Å². The molecule has 2 rings (SSSR count). The second-order valence-electron chi connectivity index (χ2n) is 4.51. The molecular weight excluding hydrogens is 324 g/mol. The number of nitrogen functional groups attached to an aromatic ring is 1. The molecule has 2 aromatic rings. The van der Waals surface area contributed by atoms with Crippen LogP contribution >= 0.6 is 11.6 Å². The third-order valence-electron chi connectivity index (χ3n) is 3.11. The Hall–Kier alpha value is -2.15. The highest BCUT2D eigenvalue weighted by molar-refractivity contribution is 6.35. The van der Waals surface area contributed by atoms with Gasteiger partial charge in [-0.05, 0) is 24.6 Å². The van der Waals surface area contributed by atoms with Crippen molar-refractivity contribution in [1.29, 1.82) is 0 Å². The fourth-order valence-corrected chi connectivity index (χ4v) is 2.16. The smallest absolute Gasteiger partial charge is 0.397 e. The van der Waals surface area contributed by atoms with Crippen LogP contribution in [0.15, 0.2) is 18.2 Å². The lowest BCUT2D eigenvalue weighted by Gasteiger charge is -2.13. The minimum Gasteiger partial charge on any atom is -0.397 e. The number of halogens is 5. The molecule has 0 unspecified atom stereocenters. The Morgan fingerprint density at radius 1 is 1.32 bits per heavy atom. The lowest BCUT2D eigenvalue weighted by Crippen LogP contribution is -2.08. The summed E-state index contributed by atoms with van der Waals surface area (Å²) < 4.78 is 51.3. The standard InChI is InChI=1S/C14H9ClF4N2O/c1-6-12(20)11(15)10(5-22)21-13(6)7-2-3-8(9(16)4-7)14(17,18)19/h2-5H,1H3,(H2,20,21). The Morgan fingerprint density at radius 3 is 2.45 bits per heavy atom. The van der Waals surface area contributed by atoms with Crippen molar-refractivity contribution in [3.8, 4) is 11.3 Å². The van der Waals surface area contributed by atoms with E-state index < -0.39 is 17.6 Å². The van der Waals surface area contributed by atoms with E-state index >= 15 is 0 Å². The van der Waals surface area contributed by atoms with E-state index in [4.69, 9.17) is 17.3 Å². The molecule has 0 fully saturated rings. The van der Waals surface area contributed by atoms with Crippen molar-refractivity contribution in [2.75, 3.05) is 5.73 Å². The van der Waals surface area contributed by atoms with Crippen LogP contribution in [0.2, 0.25) is 5.02 Å². The Labute approximate surface area is 127 Å². The van der Waals surface area contributed by atoms with Gasteiger partial charge in [-0.3, -0.25) is 4.79 Å². The minimum absolute atomic E-state index is 0.0522. The van der Waals surface area contributed by atoms with Gasteiger partial charge in [0.1, 0.15) is 11.5 Å². The first-order valence-corrected chi connectivity index (χ1v) is 6.32. The van der Waals surface area contributed by atoms with Crippen LogP contribution < -0.4 is 5.73 Å². The molecule has 0 saturated carbocycles. The van der Waals surface area contributed by atoms with Crippen molar-refractivity contribution in [1.82, 2.24) is 4.98 Å². The van der Waals surface area contributed by atoms with Crippen LogP contribution in [0.5, 0.6) is 0 Å². The molecule has 1 aromatic carbocycles. The van der Waals surface area contributed by atoms with Crippen molar-refractivity contribution in [3.05, 3.63) is 45.9 Å². The molecule has 0 radical (unpaired) electrons. The van der Waals surface area contributed by atoms with Gasteiger partial charge in [0.25, 0.3) is 0 Å². The number of alkyl halides is 3. The molecule has 0 spiro atoms. The van der Waals surface area contributed by atoms with Gasteiger partial charge in [0.2, 0.25) is 0 Å². The molecule has 1 heterocycles. The van der Waals surface area contributed by atoms with E-state index in [-0.39, 0.29) is 27.7 Å². The van der Waals surface area contributed by atoms with Gasteiger partial charge in [0.05, 0.1) is 22.0 Å². The second-order valence-corrected chi connectivity index (χ2v) is 4.89. The van der Waals surface area contributed by atoms with Gasteiger partial charge in [-0.15, -0.1) is 0 Å². The summed E-state index contributed by atoms with van der Waals surface area (Å²) in [7, 11) is 0. The monoisotopic (exact) mass is 332 g/mol. The van der Waals surface area contributed by atoms with E-state index in [1.807, 2.05) is 0 Å². The molecule has 0 aliphatic carbocycles. The molecule has 0 atom stereocenters. The predicted octanol–water partition coefficient (Wildman–Crippen LogP) is 4.26. The van der Waals surface area contributed by atoms with Crippen molar-refractivity contribution in [2.45, 2.75) is 13.1 Å². The van der Waals surface area contributed by atoms with Gasteiger partial charge in [-0.1, -0.05) is 17.7 Å². The number of carbonyl (C=O) groups is 1. The number of hydrogen-bond acceptors (Lipinski definition) is 3. The quantitative estimate of drug-likeness (QED) is 0.660.